The largest absolute Gasteiger partial charge is 0.497 e. The third-order valence-corrected chi connectivity index (χ3v) is 3.75. The molecule has 2 N–H and O–H groups in total. The minimum absolute atomic E-state index is 0.194. The first-order valence-electron chi connectivity index (χ1n) is 6.31. The van der Waals surface area contributed by atoms with Crippen LogP contribution in [0.2, 0.25) is 0 Å². The van der Waals surface area contributed by atoms with Crippen molar-refractivity contribution in [2.75, 3.05) is 14.2 Å². The molecule has 0 saturated heterocycles. The third-order valence-electron chi connectivity index (χ3n) is 3.75. The predicted octanol–water partition coefficient (Wildman–Crippen LogP) is 2.96. The molecule has 18 heavy (non-hydrogen) atoms. The van der Waals surface area contributed by atoms with Crippen molar-refractivity contribution in [3.63, 3.8) is 0 Å². The topological polar surface area (TPSA) is 44.5 Å². The summed E-state index contributed by atoms with van der Waals surface area (Å²) in [5.74, 6) is 0.418. The van der Waals surface area contributed by atoms with Crippen molar-refractivity contribution in [1.82, 2.24) is 0 Å². The molecule has 0 aromatic heterocycles. The van der Waals surface area contributed by atoms with Crippen molar-refractivity contribution < 1.29 is 13.9 Å². The molecule has 0 bridgehead atoms. The van der Waals surface area contributed by atoms with Crippen molar-refractivity contribution in [2.45, 2.75) is 37.6 Å². The third kappa shape index (κ3) is 2.29. The van der Waals surface area contributed by atoms with Gasteiger partial charge in [-0.25, -0.2) is 4.39 Å². The second kappa shape index (κ2) is 5.14. The second-order valence-electron chi connectivity index (χ2n) is 4.91. The Balaban J connectivity index is 2.47. The van der Waals surface area contributed by atoms with Crippen LogP contribution >= 0.6 is 0 Å². The molecule has 0 heterocycles. The van der Waals surface area contributed by atoms with Crippen LogP contribution in [-0.4, -0.2) is 14.2 Å². The van der Waals surface area contributed by atoms with Gasteiger partial charge in [-0.2, -0.15) is 0 Å². The first kappa shape index (κ1) is 13.1. The molecule has 0 aliphatic heterocycles. The lowest BCUT2D eigenvalue weighted by molar-refractivity contribution is 0.285. The van der Waals surface area contributed by atoms with Gasteiger partial charge in [0.2, 0.25) is 0 Å². The maximum absolute atomic E-state index is 14.4. The Morgan fingerprint density at radius 1 is 1.11 bits per heavy atom. The fourth-order valence-corrected chi connectivity index (χ4v) is 2.65. The van der Waals surface area contributed by atoms with Crippen LogP contribution < -0.4 is 15.2 Å². The zero-order valence-electron chi connectivity index (χ0n) is 11.0. The summed E-state index contributed by atoms with van der Waals surface area (Å²) in [6.45, 7) is 0. The highest BCUT2D eigenvalue weighted by Gasteiger charge is 2.33. The molecule has 0 spiro atoms. The van der Waals surface area contributed by atoms with Crippen molar-refractivity contribution in [1.29, 1.82) is 0 Å². The van der Waals surface area contributed by atoms with E-state index in [9.17, 15) is 4.39 Å². The van der Waals surface area contributed by atoms with Crippen LogP contribution in [0.3, 0.4) is 0 Å². The van der Waals surface area contributed by atoms with Crippen LogP contribution in [0.15, 0.2) is 12.1 Å². The maximum atomic E-state index is 14.4. The van der Waals surface area contributed by atoms with E-state index < -0.39 is 5.54 Å². The number of benzene rings is 1. The first-order chi connectivity index (χ1) is 8.60. The highest BCUT2D eigenvalue weighted by Crippen LogP contribution is 2.40. The summed E-state index contributed by atoms with van der Waals surface area (Å²) in [6, 6.07) is 3.24. The van der Waals surface area contributed by atoms with E-state index >= 15 is 0 Å². The van der Waals surface area contributed by atoms with E-state index in [0.717, 1.165) is 25.7 Å². The molecular formula is C14H20FNO2. The molecule has 1 fully saturated rings. The maximum Gasteiger partial charge on any atom is 0.170 e. The molecule has 0 amide bonds. The van der Waals surface area contributed by atoms with Gasteiger partial charge in [-0.15, -0.1) is 0 Å². The Morgan fingerprint density at radius 2 is 1.78 bits per heavy atom. The monoisotopic (exact) mass is 253 g/mol. The van der Waals surface area contributed by atoms with Crippen LogP contribution in [0, 0.1) is 5.82 Å². The van der Waals surface area contributed by atoms with E-state index in [1.807, 2.05) is 0 Å². The summed E-state index contributed by atoms with van der Waals surface area (Å²) in [5, 5.41) is 0. The standard InChI is InChI=1S/C14H20FNO2/c1-17-10-8-11(13(15)12(9-10)18-2)14(16)6-4-3-5-7-14/h8-9H,3-7,16H2,1-2H3. The van der Waals surface area contributed by atoms with E-state index in [1.54, 1.807) is 19.2 Å². The lowest BCUT2D eigenvalue weighted by Gasteiger charge is -2.34. The van der Waals surface area contributed by atoms with E-state index in [1.165, 1.54) is 13.5 Å². The lowest BCUT2D eigenvalue weighted by atomic mass is 9.77. The summed E-state index contributed by atoms with van der Waals surface area (Å²) in [4.78, 5) is 0. The van der Waals surface area contributed by atoms with Gasteiger partial charge in [-0.05, 0) is 18.9 Å². The smallest absolute Gasteiger partial charge is 0.170 e. The number of hydrogen-bond donors (Lipinski definition) is 1. The molecule has 0 unspecified atom stereocenters. The van der Waals surface area contributed by atoms with E-state index in [-0.39, 0.29) is 11.6 Å². The second-order valence-corrected chi connectivity index (χ2v) is 4.91. The average Bonchev–Trinajstić information content (AvgIpc) is 2.39. The molecule has 2 rings (SSSR count). The Kier molecular flexibility index (Phi) is 3.76. The van der Waals surface area contributed by atoms with Gasteiger partial charge in [-0.1, -0.05) is 19.3 Å². The minimum Gasteiger partial charge on any atom is -0.497 e. The van der Waals surface area contributed by atoms with Gasteiger partial charge in [-0.3, -0.25) is 0 Å². The number of hydrogen-bond acceptors (Lipinski definition) is 3. The highest BCUT2D eigenvalue weighted by atomic mass is 19.1. The number of ether oxygens (including phenoxy) is 2. The Labute approximate surface area is 107 Å². The van der Waals surface area contributed by atoms with Gasteiger partial charge in [0, 0.05) is 17.2 Å². The zero-order valence-corrected chi connectivity index (χ0v) is 11.0. The average molecular weight is 253 g/mol. The molecule has 4 heteroatoms. The SMILES string of the molecule is COc1cc(OC)c(F)c(C2(N)CCCCC2)c1. The van der Waals surface area contributed by atoms with Crippen LogP contribution in [-0.2, 0) is 5.54 Å². The zero-order chi connectivity index (χ0) is 13.2. The van der Waals surface area contributed by atoms with Crippen LogP contribution in [0.25, 0.3) is 0 Å². The summed E-state index contributed by atoms with van der Waals surface area (Å²) >= 11 is 0. The molecule has 1 saturated carbocycles. The summed E-state index contributed by atoms with van der Waals surface area (Å²) in [5.41, 5.74) is 6.30. The summed E-state index contributed by atoms with van der Waals surface area (Å²) < 4.78 is 24.6. The Bertz CT molecular complexity index is 428. The van der Waals surface area contributed by atoms with Gasteiger partial charge in [0.05, 0.1) is 14.2 Å². The fraction of sp³-hybridized carbons (Fsp3) is 0.571. The highest BCUT2D eigenvalue weighted by molar-refractivity contribution is 5.43. The molecule has 1 aromatic carbocycles. The number of nitrogens with two attached hydrogens (primary N) is 1. The minimum atomic E-state index is -0.593. The number of rotatable bonds is 3. The van der Waals surface area contributed by atoms with E-state index in [2.05, 4.69) is 0 Å². The van der Waals surface area contributed by atoms with Gasteiger partial charge in [0.25, 0.3) is 0 Å². The number of halogens is 1. The van der Waals surface area contributed by atoms with Gasteiger partial charge < -0.3 is 15.2 Å². The molecule has 1 aliphatic carbocycles. The van der Waals surface area contributed by atoms with E-state index in [0.29, 0.717) is 11.3 Å². The molecule has 0 radical (unpaired) electrons. The normalized spacial score (nSPS) is 18.4. The van der Waals surface area contributed by atoms with Crippen LogP contribution in [0.1, 0.15) is 37.7 Å². The fourth-order valence-electron chi connectivity index (χ4n) is 2.65. The quantitative estimate of drug-likeness (QED) is 0.900. The van der Waals surface area contributed by atoms with Gasteiger partial charge in [0.15, 0.2) is 11.6 Å². The van der Waals surface area contributed by atoms with E-state index in [4.69, 9.17) is 15.2 Å². The molecule has 0 atom stereocenters. The van der Waals surface area contributed by atoms with Crippen molar-refractivity contribution in [2.24, 2.45) is 5.73 Å². The first-order valence-corrected chi connectivity index (χ1v) is 6.31. The molecule has 100 valence electrons. The number of methoxy groups -OCH3 is 2. The van der Waals surface area contributed by atoms with Crippen molar-refractivity contribution >= 4 is 0 Å². The van der Waals surface area contributed by atoms with Crippen molar-refractivity contribution in [3.8, 4) is 11.5 Å². The predicted molar refractivity (Wildman–Crippen MR) is 68.5 cm³/mol. The Hall–Kier alpha value is -1.29. The Morgan fingerprint density at radius 3 is 2.33 bits per heavy atom. The lowest BCUT2D eigenvalue weighted by Crippen LogP contribution is -2.39. The van der Waals surface area contributed by atoms with Crippen LogP contribution in [0.4, 0.5) is 4.39 Å². The molecular weight excluding hydrogens is 233 g/mol. The van der Waals surface area contributed by atoms with Crippen molar-refractivity contribution in [3.05, 3.63) is 23.5 Å². The van der Waals surface area contributed by atoms with Gasteiger partial charge >= 0.3 is 0 Å². The molecule has 1 aliphatic rings. The van der Waals surface area contributed by atoms with Crippen LogP contribution in [0.5, 0.6) is 11.5 Å². The molecule has 3 nitrogen and oxygen atoms in total. The summed E-state index contributed by atoms with van der Waals surface area (Å²) in [6.07, 6.45) is 4.85. The summed E-state index contributed by atoms with van der Waals surface area (Å²) in [7, 11) is 3.01. The molecule has 1 aromatic rings. The van der Waals surface area contributed by atoms with Gasteiger partial charge in [0.1, 0.15) is 5.75 Å².